The van der Waals surface area contributed by atoms with Gasteiger partial charge in [-0.05, 0) is 22.9 Å². The second kappa shape index (κ2) is 5.29. The lowest BCUT2D eigenvalue weighted by molar-refractivity contribution is -0.128. The second-order valence-corrected chi connectivity index (χ2v) is 5.66. The van der Waals surface area contributed by atoms with Crippen molar-refractivity contribution in [3.8, 4) is 0 Å². The van der Waals surface area contributed by atoms with E-state index >= 15 is 0 Å². The van der Waals surface area contributed by atoms with E-state index in [2.05, 4.69) is 33.0 Å². The molecule has 1 aromatic carbocycles. The van der Waals surface area contributed by atoms with Gasteiger partial charge in [-0.15, -0.1) is 0 Å². The first-order chi connectivity index (χ1) is 9.28. The lowest BCUT2D eigenvalue weighted by Gasteiger charge is -2.17. The summed E-state index contributed by atoms with van der Waals surface area (Å²) >= 11 is 3.47. The van der Waals surface area contributed by atoms with E-state index in [1.165, 1.54) is 10.9 Å². The first-order valence-corrected chi connectivity index (χ1v) is 7.55. The molecule has 0 bridgehead atoms. The summed E-state index contributed by atoms with van der Waals surface area (Å²) in [5, 5.41) is 3.21. The van der Waals surface area contributed by atoms with Crippen LogP contribution in [0.5, 0.6) is 0 Å². The van der Waals surface area contributed by atoms with Gasteiger partial charge in [0.25, 0.3) is 0 Å². The molecule has 3 rings (SSSR count). The standard InChI is InChI=1S/C15H15BrN2O/c16-7-11-6-15(19)18(9-11)10-13-3-1-2-12-8-17-5-4-14(12)13/h1-5,8,11H,6-7,9-10H2. The van der Waals surface area contributed by atoms with E-state index in [0.717, 1.165) is 17.3 Å². The predicted octanol–water partition coefficient (Wildman–Crippen LogP) is 2.98. The Morgan fingerprint density at radius 2 is 2.26 bits per heavy atom. The number of pyridine rings is 1. The van der Waals surface area contributed by atoms with Crippen molar-refractivity contribution >= 4 is 32.6 Å². The molecule has 0 radical (unpaired) electrons. The summed E-state index contributed by atoms with van der Waals surface area (Å²) in [5.41, 5.74) is 1.20. The van der Waals surface area contributed by atoms with E-state index in [4.69, 9.17) is 0 Å². The number of alkyl halides is 1. The van der Waals surface area contributed by atoms with E-state index in [1.807, 2.05) is 23.2 Å². The monoisotopic (exact) mass is 318 g/mol. The van der Waals surface area contributed by atoms with Crippen molar-refractivity contribution in [1.82, 2.24) is 9.88 Å². The second-order valence-electron chi connectivity index (χ2n) is 5.01. The number of rotatable bonds is 3. The van der Waals surface area contributed by atoms with Gasteiger partial charge in [0, 0.05) is 42.6 Å². The highest BCUT2D eigenvalue weighted by Gasteiger charge is 2.28. The number of amides is 1. The Labute approximate surface area is 120 Å². The van der Waals surface area contributed by atoms with Gasteiger partial charge in [-0.1, -0.05) is 34.1 Å². The fourth-order valence-corrected chi connectivity index (χ4v) is 3.08. The molecule has 0 N–H and O–H groups in total. The SMILES string of the molecule is O=C1CC(CBr)CN1Cc1cccc2cnccc12. The van der Waals surface area contributed by atoms with Crippen LogP contribution < -0.4 is 0 Å². The molecule has 1 saturated heterocycles. The first kappa shape index (κ1) is 12.6. The first-order valence-electron chi connectivity index (χ1n) is 6.43. The molecule has 4 heteroatoms. The molecule has 98 valence electrons. The number of carbonyl (C=O) groups excluding carboxylic acids is 1. The number of nitrogens with zero attached hydrogens (tertiary/aromatic N) is 2. The Bertz CT molecular complexity index is 609. The molecule has 0 spiro atoms. The summed E-state index contributed by atoms with van der Waals surface area (Å²) in [6, 6.07) is 8.20. The summed E-state index contributed by atoms with van der Waals surface area (Å²) in [4.78, 5) is 18.1. The zero-order valence-electron chi connectivity index (χ0n) is 10.6. The summed E-state index contributed by atoms with van der Waals surface area (Å²) < 4.78 is 0. The van der Waals surface area contributed by atoms with E-state index < -0.39 is 0 Å². The summed E-state index contributed by atoms with van der Waals surface area (Å²) in [7, 11) is 0. The minimum absolute atomic E-state index is 0.260. The van der Waals surface area contributed by atoms with Gasteiger partial charge in [0.15, 0.2) is 0 Å². The van der Waals surface area contributed by atoms with Crippen LogP contribution in [0.25, 0.3) is 10.8 Å². The van der Waals surface area contributed by atoms with Crippen molar-refractivity contribution in [2.45, 2.75) is 13.0 Å². The molecular weight excluding hydrogens is 304 g/mol. The molecule has 1 atom stereocenters. The molecule has 1 unspecified atom stereocenters. The van der Waals surface area contributed by atoms with Crippen molar-refractivity contribution in [3.63, 3.8) is 0 Å². The van der Waals surface area contributed by atoms with E-state index in [1.54, 1.807) is 6.20 Å². The summed E-state index contributed by atoms with van der Waals surface area (Å²) in [5.74, 6) is 0.708. The predicted molar refractivity (Wildman–Crippen MR) is 79.1 cm³/mol. The third kappa shape index (κ3) is 2.50. The highest BCUT2D eigenvalue weighted by molar-refractivity contribution is 9.09. The maximum Gasteiger partial charge on any atom is 0.223 e. The van der Waals surface area contributed by atoms with Crippen molar-refractivity contribution in [2.75, 3.05) is 11.9 Å². The van der Waals surface area contributed by atoms with Crippen LogP contribution in [0.3, 0.4) is 0 Å². The lowest BCUT2D eigenvalue weighted by atomic mass is 10.1. The van der Waals surface area contributed by atoms with Gasteiger partial charge < -0.3 is 4.90 Å². The number of halogens is 1. The van der Waals surface area contributed by atoms with Crippen LogP contribution >= 0.6 is 15.9 Å². The third-order valence-corrected chi connectivity index (χ3v) is 4.56. The van der Waals surface area contributed by atoms with Gasteiger partial charge in [0.2, 0.25) is 5.91 Å². The molecule has 1 aliphatic rings. The Kier molecular flexibility index (Phi) is 3.51. The molecule has 1 aromatic heterocycles. The van der Waals surface area contributed by atoms with Gasteiger partial charge in [-0.3, -0.25) is 9.78 Å². The molecule has 19 heavy (non-hydrogen) atoms. The van der Waals surface area contributed by atoms with Crippen molar-refractivity contribution in [3.05, 3.63) is 42.2 Å². The summed E-state index contributed by atoms with van der Waals surface area (Å²) in [6.45, 7) is 1.55. The number of likely N-dealkylation sites (tertiary alicyclic amines) is 1. The lowest BCUT2D eigenvalue weighted by Crippen LogP contribution is -2.24. The normalized spacial score (nSPS) is 19.3. The minimum atomic E-state index is 0.260. The fourth-order valence-electron chi connectivity index (χ4n) is 2.64. The molecular formula is C15H15BrN2O. The zero-order valence-corrected chi connectivity index (χ0v) is 12.1. The van der Waals surface area contributed by atoms with Gasteiger partial charge in [0.1, 0.15) is 0 Å². The van der Waals surface area contributed by atoms with Crippen molar-refractivity contribution in [1.29, 1.82) is 0 Å². The number of hydrogen-bond donors (Lipinski definition) is 0. The highest BCUT2D eigenvalue weighted by atomic mass is 79.9. The van der Waals surface area contributed by atoms with E-state index in [9.17, 15) is 4.79 Å². The molecule has 3 nitrogen and oxygen atoms in total. The highest BCUT2D eigenvalue weighted by Crippen LogP contribution is 2.24. The largest absolute Gasteiger partial charge is 0.338 e. The molecule has 0 aliphatic carbocycles. The average molecular weight is 319 g/mol. The zero-order chi connectivity index (χ0) is 13.2. The minimum Gasteiger partial charge on any atom is -0.338 e. The molecule has 1 fully saturated rings. The summed E-state index contributed by atoms with van der Waals surface area (Å²) in [6.07, 6.45) is 4.34. The number of benzene rings is 1. The number of fused-ring (bicyclic) bond motifs is 1. The Hall–Kier alpha value is -1.42. The van der Waals surface area contributed by atoms with Gasteiger partial charge in [-0.2, -0.15) is 0 Å². The van der Waals surface area contributed by atoms with Gasteiger partial charge in [0.05, 0.1) is 0 Å². The van der Waals surface area contributed by atoms with Crippen LogP contribution in [0.15, 0.2) is 36.7 Å². The Morgan fingerprint density at radius 3 is 3.05 bits per heavy atom. The van der Waals surface area contributed by atoms with Crippen molar-refractivity contribution in [2.24, 2.45) is 5.92 Å². The third-order valence-electron chi connectivity index (χ3n) is 3.65. The molecule has 1 aliphatic heterocycles. The van der Waals surface area contributed by atoms with Crippen LogP contribution in [0.1, 0.15) is 12.0 Å². The van der Waals surface area contributed by atoms with E-state index in [0.29, 0.717) is 18.9 Å². The number of aromatic nitrogens is 1. The van der Waals surface area contributed by atoms with E-state index in [-0.39, 0.29) is 5.91 Å². The topological polar surface area (TPSA) is 33.2 Å². The average Bonchev–Trinajstić information content (AvgIpc) is 2.80. The van der Waals surface area contributed by atoms with Gasteiger partial charge >= 0.3 is 0 Å². The maximum atomic E-state index is 12.0. The Balaban J connectivity index is 1.88. The fraction of sp³-hybridized carbons (Fsp3) is 0.333. The van der Waals surface area contributed by atoms with Crippen LogP contribution in [0, 0.1) is 5.92 Å². The Morgan fingerprint density at radius 1 is 1.37 bits per heavy atom. The molecule has 1 amide bonds. The smallest absolute Gasteiger partial charge is 0.223 e. The van der Waals surface area contributed by atoms with Crippen LogP contribution in [0.4, 0.5) is 0 Å². The molecule has 0 saturated carbocycles. The number of carbonyl (C=O) groups is 1. The number of hydrogen-bond acceptors (Lipinski definition) is 2. The quantitative estimate of drug-likeness (QED) is 0.815. The van der Waals surface area contributed by atoms with Crippen LogP contribution in [0.2, 0.25) is 0 Å². The molecule has 2 heterocycles. The molecule has 2 aromatic rings. The maximum absolute atomic E-state index is 12.0. The van der Waals surface area contributed by atoms with Crippen molar-refractivity contribution < 1.29 is 4.79 Å². The van der Waals surface area contributed by atoms with Crippen LogP contribution in [-0.4, -0.2) is 27.7 Å². The van der Waals surface area contributed by atoms with Gasteiger partial charge in [-0.25, -0.2) is 0 Å². The van der Waals surface area contributed by atoms with Crippen LogP contribution in [-0.2, 0) is 11.3 Å².